The van der Waals surface area contributed by atoms with Gasteiger partial charge in [-0.15, -0.1) is 24.0 Å². The molecule has 0 aromatic heterocycles. The summed E-state index contributed by atoms with van der Waals surface area (Å²) in [5, 5.41) is 0. The lowest BCUT2D eigenvalue weighted by atomic mass is 10.2. The maximum Gasteiger partial charge on any atom is 0.191 e. The van der Waals surface area contributed by atoms with E-state index in [4.69, 9.17) is 10.5 Å². The van der Waals surface area contributed by atoms with Gasteiger partial charge < -0.3 is 20.3 Å². The summed E-state index contributed by atoms with van der Waals surface area (Å²) in [5.74, 6) is 0.497. The molecule has 2 saturated heterocycles. The summed E-state index contributed by atoms with van der Waals surface area (Å²) in [4.78, 5) is 11.1. The Kier molecular flexibility index (Phi) is 8.86. The molecule has 0 unspecified atom stereocenters. The Bertz CT molecular complexity index is 574. The molecule has 2 fully saturated rings. The molecule has 2 aliphatic rings. The van der Waals surface area contributed by atoms with Gasteiger partial charge in [0, 0.05) is 52.4 Å². The number of rotatable bonds is 5. The van der Waals surface area contributed by atoms with Gasteiger partial charge in [-0.1, -0.05) is 12.1 Å². The largest absolute Gasteiger partial charge is 0.378 e. The van der Waals surface area contributed by atoms with E-state index in [-0.39, 0.29) is 29.8 Å². The van der Waals surface area contributed by atoms with E-state index in [1.54, 1.807) is 6.07 Å². The molecule has 0 aliphatic carbocycles. The SMILES string of the molecule is I.NC(=NCCCN1CCN(c2ccccc2F)CC1)N1CCOCC1. The minimum absolute atomic E-state index is 0. The van der Waals surface area contributed by atoms with E-state index < -0.39 is 0 Å². The van der Waals surface area contributed by atoms with Crippen LogP contribution in [0.3, 0.4) is 0 Å². The van der Waals surface area contributed by atoms with E-state index in [0.29, 0.717) is 11.6 Å². The quantitative estimate of drug-likeness (QED) is 0.302. The Morgan fingerprint density at radius 1 is 1.08 bits per heavy atom. The van der Waals surface area contributed by atoms with Crippen LogP contribution in [-0.2, 0) is 4.74 Å². The first-order valence-corrected chi connectivity index (χ1v) is 9.08. The maximum atomic E-state index is 13.9. The highest BCUT2D eigenvalue weighted by molar-refractivity contribution is 14.0. The fourth-order valence-corrected chi connectivity index (χ4v) is 3.30. The summed E-state index contributed by atoms with van der Waals surface area (Å²) in [6, 6.07) is 7.01. The van der Waals surface area contributed by atoms with E-state index in [1.165, 1.54) is 6.07 Å². The summed E-state index contributed by atoms with van der Waals surface area (Å²) in [6.07, 6.45) is 0.991. The molecule has 6 nitrogen and oxygen atoms in total. The van der Waals surface area contributed by atoms with E-state index in [1.807, 2.05) is 12.1 Å². The van der Waals surface area contributed by atoms with E-state index >= 15 is 0 Å². The summed E-state index contributed by atoms with van der Waals surface area (Å²) in [5.41, 5.74) is 6.74. The summed E-state index contributed by atoms with van der Waals surface area (Å²) in [6.45, 7) is 8.49. The van der Waals surface area contributed by atoms with Crippen molar-refractivity contribution in [3.8, 4) is 0 Å². The lowest BCUT2D eigenvalue weighted by molar-refractivity contribution is 0.0674. The number of nitrogens with zero attached hydrogens (tertiary/aromatic N) is 4. The van der Waals surface area contributed by atoms with Crippen LogP contribution < -0.4 is 10.6 Å². The normalized spacial score (nSPS) is 19.3. The number of benzene rings is 1. The number of hydrogen-bond donors (Lipinski definition) is 1. The summed E-state index contributed by atoms with van der Waals surface area (Å²) >= 11 is 0. The van der Waals surface area contributed by atoms with Gasteiger partial charge in [0.2, 0.25) is 0 Å². The minimum Gasteiger partial charge on any atom is -0.378 e. The second kappa shape index (κ2) is 10.9. The molecule has 1 aromatic rings. The summed E-state index contributed by atoms with van der Waals surface area (Å²) in [7, 11) is 0. The molecular weight excluding hydrogens is 448 g/mol. The zero-order chi connectivity index (χ0) is 17.5. The Labute approximate surface area is 172 Å². The van der Waals surface area contributed by atoms with E-state index in [0.717, 1.165) is 72.0 Å². The molecule has 0 radical (unpaired) electrons. The highest BCUT2D eigenvalue weighted by Crippen LogP contribution is 2.20. The van der Waals surface area contributed by atoms with Crippen LogP contribution in [0.5, 0.6) is 0 Å². The van der Waals surface area contributed by atoms with Crippen LogP contribution >= 0.6 is 24.0 Å². The zero-order valence-electron chi connectivity index (χ0n) is 15.1. The first-order chi connectivity index (χ1) is 12.2. The fraction of sp³-hybridized carbons (Fsp3) is 0.611. The van der Waals surface area contributed by atoms with Crippen molar-refractivity contribution in [1.82, 2.24) is 9.80 Å². The first kappa shape index (κ1) is 21.2. The molecule has 8 heteroatoms. The Hall–Kier alpha value is -1.13. The molecular formula is C18H29FIN5O. The third kappa shape index (κ3) is 5.95. The van der Waals surface area contributed by atoms with Crippen LogP contribution in [0.1, 0.15) is 6.42 Å². The third-order valence-corrected chi connectivity index (χ3v) is 4.81. The van der Waals surface area contributed by atoms with Gasteiger partial charge in [0.25, 0.3) is 0 Å². The predicted octanol–water partition coefficient (Wildman–Crippen LogP) is 1.60. The monoisotopic (exact) mass is 477 g/mol. The predicted molar refractivity (Wildman–Crippen MR) is 114 cm³/mol. The molecule has 0 bridgehead atoms. The van der Waals surface area contributed by atoms with Gasteiger partial charge in [0.15, 0.2) is 5.96 Å². The number of piperazine rings is 1. The topological polar surface area (TPSA) is 57.3 Å². The lowest BCUT2D eigenvalue weighted by Crippen LogP contribution is -2.47. The third-order valence-electron chi connectivity index (χ3n) is 4.81. The average Bonchev–Trinajstić information content (AvgIpc) is 2.67. The van der Waals surface area contributed by atoms with Crippen LogP contribution in [0.4, 0.5) is 10.1 Å². The van der Waals surface area contributed by atoms with Crippen LogP contribution in [0, 0.1) is 5.82 Å². The fourth-order valence-electron chi connectivity index (χ4n) is 3.30. The second-order valence-electron chi connectivity index (χ2n) is 6.47. The number of guanidine groups is 1. The van der Waals surface area contributed by atoms with Gasteiger partial charge in [-0.2, -0.15) is 0 Å². The number of nitrogens with two attached hydrogens (primary N) is 1. The number of ether oxygens (including phenoxy) is 1. The van der Waals surface area contributed by atoms with Crippen molar-refractivity contribution in [2.45, 2.75) is 6.42 Å². The molecule has 0 atom stereocenters. The standard InChI is InChI=1S/C18H28FN5O.HI/c19-16-4-1-2-5-17(16)23-10-8-22(9-11-23)7-3-6-21-18(20)24-12-14-25-15-13-24;/h1-2,4-5H,3,6-15H2,(H2,20,21);1H. The molecule has 0 spiro atoms. The van der Waals surface area contributed by atoms with Crippen molar-refractivity contribution >= 4 is 35.6 Å². The molecule has 2 aliphatic heterocycles. The number of morpholine rings is 1. The van der Waals surface area contributed by atoms with E-state index in [2.05, 4.69) is 19.7 Å². The average molecular weight is 477 g/mol. The number of halogens is 2. The Morgan fingerprint density at radius 3 is 2.46 bits per heavy atom. The Balaban J connectivity index is 0.00000243. The van der Waals surface area contributed by atoms with Crippen molar-refractivity contribution in [3.63, 3.8) is 0 Å². The van der Waals surface area contributed by atoms with Crippen molar-refractivity contribution < 1.29 is 9.13 Å². The molecule has 1 aromatic carbocycles. The smallest absolute Gasteiger partial charge is 0.191 e. The molecule has 2 heterocycles. The van der Waals surface area contributed by atoms with Crippen molar-refractivity contribution in [1.29, 1.82) is 0 Å². The van der Waals surface area contributed by atoms with Crippen LogP contribution in [0.15, 0.2) is 29.3 Å². The van der Waals surface area contributed by atoms with Gasteiger partial charge in [-0.3, -0.25) is 9.89 Å². The summed E-state index contributed by atoms with van der Waals surface area (Å²) < 4.78 is 19.2. The van der Waals surface area contributed by atoms with Crippen LogP contribution in [-0.4, -0.2) is 81.3 Å². The maximum absolute atomic E-state index is 13.9. The molecule has 26 heavy (non-hydrogen) atoms. The highest BCUT2D eigenvalue weighted by atomic mass is 127. The van der Waals surface area contributed by atoms with Crippen molar-refractivity contribution in [2.75, 3.05) is 70.5 Å². The molecule has 3 rings (SSSR count). The number of aliphatic imine (C=N–C) groups is 1. The second-order valence-corrected chi connectivity index (χ2v) is 6.47. The molecule has 0 saturated carbocycles. The first-order valence-electron chi connectivity index (χ1n) is 9.08. The van der Waals surface area contributed by atoms with Gasteiger partial charge in [0.05, 0.1) is 18.9 Å². The highest BCUT2D eigenvalue weighted by Gasteiger charge is 2.18. The minimum atomic E-state index is -0.135. The number of anilines is 1. The number of hydrogen-bond acceptors (Lipinski definition) is 4. The van der Waals surface area contributed by atoms with Crippen LogP contribution in [0.25, 0.3) is 0 Å². The Morgan fingerprint density at radius 2 is 1.77 bits per heavy atom. The van der Waals surface area contributed by atoms with Gasteiger partial charge >= 0.3 is 0 Å². The van der Waals surface area contributed by atoms with Crippen molar-refractivity contribution in [3.05, 3.63) is 30.1 Å². The molecule has 2 N–H and O–H groups in total. The zero-order valence-corrected chi connectivity index (χ0v) is 17.5. The molecule has 0 amide bonds. The van der Waals surface area contributed by atoms with Gasteiger partial charge in [-0.25, -0.2) is 4.39 Å². The van der Waals surface area contributed by atoms with Gasteiger partial charge in [0.1, 0.15) is 5.82 Å². The molecule has 146 valence electrons. The van der Waals surface area contributed by atoms with Gasteiger partial charge in [-0.05, 0) is 18.6 Å². The number of para-hydroxylation sites is 1. The van der Waals surface area contributed by atoms with Crippen molar-refractivity contribution in [2.24, 2.45) is 10.7 Å². The lowest BCUT2D eigenvalue weighted by Gasteiger charge is -2.36. The van der Waals surface area contributed by atoms with E-state index in [9.17, 15) is 4.39 Å². The van der Waals surface area contributed by atoms with Crippen LogP contribution in [0.2, 0.25) is 0 Å².